The standard InChI is InChI=1S/C12H18/c1-4-10(3)12-9-7-6-8-11(12)5-2/h5,10-12H,2,4,6,8H2,1,3H3. The molecule has 1 aliphatic rings. The molecule has 0 N–H and O–H groups in total. The van der Waals surface area contributed by atoms with Crippen LogP contribution in [0.2, 0.25) is 0 Å². The van der Waals surface area contributed by atoms with Gasteiger partial charge in [0.1, 0.15) is 0 Å². The van der Waals surface area contributed by atoms with Crippen molar-refractivity contribution in [3.8, 4) is 11.8 Å². The molecule has 0 amide bonds. The second-order valence-electron chi connectivity index (χ2n) is 3.67. The van der Waals surface area contributed by atoms with E-state index in [-0.39, 0.29) is 0 Å². The van der Waals surface area contributed by atoms with Crippen molar-refractivity contribution in [2.24, 2.45) is 17.8 Å². The van der Waals surface area contributed by atoms with E-state index in [4.69, 9.17) is 0 Å². The van der Waals surface area contributed by atoms with Crippen molar-refractivity contribution in [1.29, 1.82) is 0 Å². The van der Waals surface area contributed by atoms with Crippen LogP contribution in [0.3, 0.4) is 0 Å². The van der Waals surface area contributed by atoms with Crippen LogP contribution in [-0.4, -0.2) is 0 Å². The second kappa shape index (κ2) is 4.36. The van der Waals surface area contributed by atoms with Gasteiger partial charge in [-0.25, -0.2) is 0 Å². The third-order valence-corrected chi connectivity index (χ3v) is 2.89. The Morgan fingerprint density at radius 1 is 1.67 bits per heavy atom. The summed E-state index contributed by atoms with van der Waals surface area (Å²) in [4.78, 5) is 0. The Balaban J connectivity index is 2.67. The fourth-order valence-electron chi connectivity index (χ4n) is 1.80. The molecule has 0 radical (unpaired) electrons. The number of hydrogen-bond acceptors (Lipinski definition) is 0. The van der Waals surface area contributed by atoms with Crippen molar-refractivity contribution in [2.45, 2.75) is 33.1 Å². The monoisotopic (exact) mass is 162 g/mol. The van der Waals surface area contributed by atoms with Gasteiger partial charge in [-0.2, -0.15) is 0 Å². The minimum Gasteiger partial charge on any atom is -0.103 e. The van der Waals surface area contributed by atoms with Crippen LogP contribution in [0.15, 0.2) is 12.7 Å². The minimum atomic E-state index is 0.571. The molecule has 1 rings (SSSR count). The molecule has 0 bridgehead atoms. The Kier molecular flexibility index (Phi) is 3.41. The summed E-state index contributed by atoms with van der Waals surface area (Å²) >= 11 is 0. The molecule has 0 nitrogen and oxygen atoms in total. The SMILES string of the molecule is C=CC1CCC#CC1C(C)CC. The smallest absolute Gasteiger partial charge is 0.0291 e. The van der Waals surface area contributed by atoms with Gasteiger partial charge in [-0.15, -0.1) is 12.5 Å². The van der Waals surface area contributed by atoms with E-state index in [2.05, 4.69) is 38.3 Å². The molecule has 0 aliphatic heterocycles. The fourth-order valence-corrected chi connectivity index (χ4v) is 1.80. The van der Waals surface area contributed by atoms with Gasteiger partial charge in [0.25, 0.3) is 0 Å². The lowest BCUT2D eigenvalue weighted by molar-refractivity contribution is 0.327. The zero-order valence-corrected chi connectivity index (χ0v) is 8.14. The normalized spacial score (nSPS) is 30.2. The van der Waals surface area contributed by atoms with E-state index < -0.39 is 0 Å². The molecule has 0 aromatic heterocycles. The maximum Gasteiger partial charge on any atom is 0.0291 e. The molecule has 12 heavy (non-hydrogen) atoms. The van der Waals surface area contributed by atoms with Crippen molar-refractivity contribution >= 4 is 0 Å². The molecule has 0 aromatic carbocycles. The fraction of sp³-hybridized carbons (Fsp3) is 0.667. The van der Waals surface area contributed by atoms with E-state index in [0.29, 0.717) is 11.8 Å². The third-order valence-electron chi connectivity index (χ3n) is 2.89. The topological polar surface area (TPSA) is 0 Å². The molecule has 0 aromatic rings. The first kappa shape index (κ1) is 9.39. The van der Waals surface area contributed by atoms with Gasteiger partial charge in [0.15, 0.2) is 0 Å². The van der Waals surface area contributed by atoms with Gasteiger partial charge in [-0.3, -0.25) is 0 Å². The van der Waals surface area contributed by atoms with Gasteiger partial charge in [0, 0.05) is 12.3 Å². The zero-order chi connectivity index (χ0) is 8.97. The quantitative estimate of drug-likeness (QED) is 0.441. The van der Waals surface area contributed by atoms with Gasteiger partial charge in [-0.05, 0) is 18.3 Å². The van der Waals surface area contributed by atoms with Gasteiger partial charge in [0.2, 0.25) is 0 Å². The average molecular weight is 162 g/mol. The predicted molar refractivity (Wildman–Crippen MR) is 53.6 cm³/mol. The molecule has 0 spiro atoms. The molecule has 1 aliphatic carbocycles. The van der Waals surface area contributed by atoms with E-state index in [1.54, 1.807) is 0 Å². The summed E-state index contributed by atoms with van der Waals surface area (Å²) in [6.07, 6.45) is 5.59. The highest BCUT2D eigenvalue weighted by Crippen LogP contribution is 2.29. The Hall–Kier alpha value is -0.700. The average Bonchev–Trinajstić information content (AvgIpc) is 2.16. The summed E-state index contributed by atoms with van der Waals surface area (Å²) in [6, 6.07) is 0. The van der Waals surface area contributed by atoms with Gasteiger partial charge in [0.05, 0.1) is 0 Å². The molecule has 3 atom stereocenters. The van der Waals surface area contributed by atoms with E-state index in [1.165, 1.54) is 12.8 Å². The van der Waals surface area contributed by atoms with E-state index in [9.17, 15) is 0 Å². The maximum absolute atomic E-state index is 3.88. The minimum absolute atomic E-state index is 0.571. The van der Waals surface area contributed by atoms with Crippen LogP contribution in [0.4, 0.5) is 0 Å². The lowest BCUT2D eigenvalue weighted by Gasteiger charge is -2.26. The van der Waals surface area contributed by atoms with E-state index in [1.807, 2.05) is 0 Å². The Morgan fingerprint density at radius 2 is 2.42 bits per heavy atom. The molecule has 3 unspecified atom stereocenters. The first-order valence-electron chi connectivity index (χ1n) is 4.90. The Labute approximate surface area is 76.1 Å². The summed E-state index contributed by atoms with van der Waals surface area (Å²) < 4.78 is 0. The van der Waals surface area contributed by atoms with E-state index in [0.717, 1.165) is 12.3 Å². The highest BCUT2D eigenvalue weighted by molar-refractivity contribution is 5.13. The molecule has 0 saturated heterocycles. The van der Waals surface area contributed by atoms with Gasteiger partial charge in [-0.1, -0.05) is 32.3 Å². The molecular weight excluding hydrogens is 144 g/mol. The Morgan fingerprint density at radius 3 is 3.00 bits per heavy atom. The van der Waals surface area contributed by atoms with Gasteiger partial charge >= 0.3 is 0 Å². The number of hydrogen-bond donors (Lipinski definition) is 0. The molecular formula is C12H18. The lowest BCUT2D eigenvalue weighted by atomic mass is 9.77. The van der Waals surface area contributed by atoms with Crippen LogP contribution in [0, 0.1) is 29.6 Å². The van der Waals surface area contributed by atoms with Crippen molar-refractivity contribution in [1.82, 2.24) is 0 Å². The predicted octanol–water partition coefficient (Wildman–Crippen LogP) is 3.25. The second-order valence-corrected chi connectivity index (χ2v) is 3.67. The van der Waals surface area contributed by atoms with Crippen LogP contribution in [-0.2, 0) is 0 Å². The first-order chi connectivity index (χ1) is 5.79. The third kappa shape index (κ3) is 1.91. The highest BCUT2D eigenvalue weighted by atomic mass is 14.3. The van der Waals surface area contributed by atoms with Crippen molar-refractivity contribution in [3.63, 3.8) is 0 Å². The van der Waals surface area contributed by atoms with Crippen LogP contribution in [0.1, 0.15) is 33.1 Å². The Bertz CT molecular complexity index is 204. The molecule has 66 valence electrons. The summed E-state index contributed by atoms with van der Waals surface area (Å²) in [7, 11) is 0. The summed E-state index contributed by atoms with van der Waals surface area (Å²) in [5.41, 5.74) is 0. The first-order valence-corrected chi connectivity index (χ1v) is 4.90. The van der Waals surface area contributed by atoms with Crippen LogP contribution in [0.25, 0.3) is 0 Å². The highest BCUT2D eigenvalue weighted by Gasteiger charge is 2.23. The zero-order valence-electron chi connectivity index (χ0n) is 8.14. The summed E-state index contributed by atoms with van der Waals surface area (Å²) in [5.74, 6) is 8.50. The molecule has 0 heteroatoms. The van der Waals surface area contributed by atoms with Crippen molar-refractivity contribution in [3.05, 3.63) is 12.7 Å². The summed E-state index contributed by atoms with van der Waals surface area (Å²) in [6.45, 7) is 8.41. The van der Waals surface area contributed by atoms with Crippen molar-refractivity contribution in [2.75, 3.05) is 0 Å². The number of allylic oxidation sites excluding steroid dienone is 1. The molecule has 0 heterocycles. The van der Waals surface area contributed by atoms with Crippen LogP contribution >= 0.6 is 0 Å². The molecule has 0 fully saturated rings. The van der Waals surface area contributed by atoms with Crippen LogP contribution in [0.5, 0.6) is 0 Å². The maximum atomic E-state index is 3.88. The van der Waals surface area contributed by atoms with Gasteiger partial charge < -0.3 is 0 Å². The number of rotatable bonds is 3. The van der Waals surface area contributed by atoms with Crippen molar-refractivity contribution < 1.29 is 0 Å². The largest absolute Gasteiger partial charge is 0.103 e. The lowest BCUT2D eigenvalue weighted by Crippen LogP contribution is -2.20. The summed E-state index contributed by atoms with van der Waals surface area (Å²) in [5, 5.41) is 0. The van der Waals surface area contributed by atoms with E-state index >= 15 is 0 Å². The van der Waals surface area contributed by atoms with Crippen LogP contribution < -0.4 is 0 Å². The molecule has 0 saturated carbocycles.